The van der Waals surface area contributed by atoms with E-state index in [9.17, 15) is 0 Å². The third-order valence-electron chi connectivity index (χ3n) is 6.81. The molecule has 0 saturated carbocycles. The van der Waals surface area contributed by atoms with Crippen molar-refractivity contribution in [1.82, 2.24) is 9.80 Å². The van der Waals surface area contributed by atoms with Gasteiger partial charge in [0.1, 0.15) is 11.6 Å². The number of hydrogen-bond acceptors (Lipinski definition) is 3. The summed E-state index contributed by atoms with van der Waals surface area (Å²) in [6.07, 6.45) is 17.3. The number of halogens is 5. The minimum absolute atomic E-state index is 0. The molecule has 0 N–H and O–H groups in total. The lowest BCUT2D eigenvalue weighted by Gasteiger charge is -2.31. The quantitative estimate of drug-likeness (QED) is 0.0949. The van der Waals surface area contributed by atoms with E-state index in [1.807, 2.05) is 36.4 Å². The fourth-order valence-corrected chi connectivity index (χ4v) is 5.50. The summed E-state index contributed by atoms with van der Waals surface area (Å²) in [4.78, 5) is 4.45. The first-order chi connectivity index (χ1) is 18.0. The van der Waals surface area contributed by atoms with Crippen LogP contribution in [0.3, 0.4) is 0 Å². The van der Waals surface area contributed by atoms with Crippen molar-refractivity contribution in [3.63, 3.8) is 0 Å². The Bertz CT molecular complexity index is 960. The standard InChI is InChI=1S/C30H40Cl4N2O.BrH/c1-2-3-4-5-6-7-8-9-10-11-18-35-19-20-36(23-35)30(34)29(24-12-15-26(31)16-13-24)37-22-25-14-17-27(32)21-28(25)33;/h12-17,19-21,29-30H,2-11,18,22-23H2,1H3;1H. The van der Waals surface area contributed by atoms with Gasteiger partial charge >= 0.3 is 0 Å². The topological polar surface area (TPSA) is 15.7 Å². The predicted octanol–water partition coefficient (Wildman–Crippen LogP) is 11.0. The van der Waals surface area contributed by atoms with Crippen molar-refractivity contribution in [3.8, 4) is 0 Å². The Hall–Kier alpha value is -0.620. The Morgan fingerprint density at radius 2 is 1.39 bits per heavy atom. The van der Waals surface area contributed by atoms with Gasteiger partial charge in [-0.25, -0.2) is 0 Å². The maximum absolute atomic E-state index is 7.02. The highest BCUT2D eigenvalue weighted by Crippen LogP contribution is 2.33. The van der Waals surface area contributed by atoms with Gasteiger partial charge in [-0.2, -0.15) is 0 Å². The Labute approximate surface area is 260 Å². The molecule has 0 spiro atoms. The van der Waals surface area contributed by atoms with Crippen LogP contribution in [0.15, 0.2) is 54.9 Å². The van der Waals surface area contributed by atoms with Crippen molar-refractivity contribution in [2.45, 2.75) is 89.3 Å². The predicted molar refractivity (Wildman–Crippen MR) is 170 cm³/mol. The van der Waals surface area contributed by atoms with Crippen LogP contribution in [0.4, 0.5) is 0 Å². The van der Waals surface area contributed by atoms with Gasteiger partial charge in [0.25, 0.3) is 0 Å². The zero-order valence-corrected chi connectivity index (χ0v) is 27.0. The van der Waals surface area contributed by atoms with E-state index in [1.54, 1.807) is 6.07 Å². The van der Waals surface area contributed by atoms with Gasteiger partial charge in [-0.15, -0.1) is 17.0 Å². The van der Waals surface area contributed by atoms with E-state index in [4.69, 9.17) is 51.1 Å². The van der Waals surface area contributed by atoms with Gasteiger partial charge in [-0.1, -0.05) is 129 Å². The van der Waals surface area contributed by atoms with E-state index < -0.39 is 0 Å². The molecule has 3 nitrogen and oxygen atoms in total. The number of ether oxygens (including phenoxy) is 1. The van der Waals surface area contributed by atoms with Crippen LogP contribution in [0.2, 0.25) is 15.1 Å². The highest BCUT2D eigenvalue weighted by Gasteiger charge is 2.29. The van der Waals surface area contributed by atoms with Gasteiger partial charge in [0, 0.05) is 34.0 Å². The summed E-state index contributed by atoms with van der Waals surface area (Å²) in [5.74, 6) is 0. The van der Waals surface area contributed by atoms with Crippen LogP contribution < -0.4 is 0 Å². The van der Waals surface area contributed by atoms with Crippen molar-refractivity contribution < 1.29 is 4.74 Å². The van der Waals surface area contributed by atoms with E-state index in [0.29, 0.717) is 21.7 Å². The Morgan fingerprint density at radius 1 is 0.789 bits per heavy atom. The van der Waals surface area contributed by atoms with E-state index in [1.165, 1.54) is 64.2 Å². The van der Waals surface area contributed by atoms with Crippen LogP contribution in [0.25, 0.3) is 0 Å². The molecule has 0 bridgehead atoms. The fourth-order valence-electron chi connectivity index (χ4n) is 4.57. The van der Waals surface area contributed by atoms with Gasteiger partial charge in [-0.3, -0.25) is 0 Å². The molecule has 1 aliphatic heterocycles. The molecule has 0 aliphatic carbocycles. The molecule has 0 saturated heterocycles. The first kappa shape index (κ1) is 33.6. The van der Waals surface area contributed by atoms with Gasteiger partial charge in [-0.05, 0) is 41.8 Å². The zero-order chi connectivity index (χ0) is 26.5. The van der Waals surface area contributed by atoms with Crippen molar-refractivity contribution in [1.29, 1.82) is 0 Å². The van der Waals surface area contributed by atoms with Crippen molar-refractivity contribution >= 4 is 63.4 Å². The summed E-state index contributed by atoms with van der Waals surface area (Å²) in [6.45, 7) is 4.39. The van der Waals surface area contributed by atoms with Crippen LogP contribution in [-0.2, 0) is 11.3 Å². The second kappa shape index (κ2) is 18.7. The first-order valence-corrected chi connectivity index (χ1v) is 15.2. The molecule has 3 rings (SSSR count). The number of unbranched alkanes of at least 4 members (excludes halogenated alkanes) is 9. The Morgan fingerprint density at radius 3 is 2.03 bits per heavy atom. The lowest BCUT2D eigenvalue weighted by molar-refractivity contribution is 0.00680. The van der Waals surface area contributed by atoms with Gasteiger partial charge in [0.2, 0.25) is 0 Å². The monoisotopic (exact) mass is 664 g/mol. The molecule has 38 heavy (non-hydrogen) atoms. The summed E-state index contributed by atoms with van der Waals surface area (Å²) in [5, 5.41) is 1.86. The largest absolute Gasteiger partial charge is 0.365 e. The lowest BCUT2D eigenvalue weighted by Crippen LogP contribution is -2.35. The number of rotatable bonds is 17. The molecule has 2 atom stereocenters. The van der Waals surface area contributed by atoms with Crippen LogP contribution in [-0.4, -0.2) is 28.5 Å². The summed E-state index contributed by atoms with van der Waals surface area (Å²) >= 11 is 25.6. The smallest absolute Gasteiger partial charge is 0.135 e. The van der Waals surface area contributed by atoms with E-state index >= 15 is 0 Å². The minimum atomic E-state index is -0.388. The zero-order valence-electron chi connectivity index (χ0n) is 22.3. The molecule has 2 aromatic carbocycles. The van der Waals surface area contributed by atoms with Crippen molar-refractivity contribution in [3.05, 3.63) is 81.1 Å². The van der Waals surface area contributed by atoms with Gasteiger partial charge in [0.05, 0.1) is 13.3 Å². The molecule has 2 aromatic rings. The van der Waals surface area contributed by atoms with Crippen molar-refractivity contribution in [2.75, 3.05) is 13.2 Å². The lowest BCUT2D eigenvalue weighted by atomic mass is 10.1. The van der Waals surface area contributed by atoms with E-state index in [2.05, 4.69) is 29.1 Å². The summed E-state index contributed by atoms with van der Waals surface area (Å²) in [6, 6.07) is 13.1. The molecule has 1 heterocycles. The van der Waals surface area contributed by atoms with E-state index in [0.717, 1.165) is 24.3 Å². The average molecular weight is 667 g/mol. The molecule has 0 radical (unpaired) electrons. The minimum Gasteiger partial charge on any atom is -0.365 e. The highest BCUT2D eigenvalue weighted by atomic mass is 79.9. The molecule has 2 unspecified atom stereocenters. The van der Waals surface area contributed by atoms with Crippen molar-refractivity contribution in [2.24, 2.45) is 0 Å². The normalized spacial score (nSPS) is 14.6. The number of benzene rings is 2. The Balaban J connectivity index is 0.00000507. The highest BCUT2D eigenvalue weighted by molar-refractivity contribution is 8.93. The van der Waals surface area contributed by atoms with E-state index in [-0.39, 0.29) is 28.6 Å². The molecule has 8 heteroatoms. The average Bonchev–Trinajstić information content (AvgIpc) is 3.36. The maximum atomic E-state index is 7.02. The summed E-state index contributed by atoms with van der Waals surface area (Å²) < 4.78 is 6.35. The van der Waals surface area contributed by atoms with Gasteiger partial charge < -0.3 is 14.5 Å². The fraction of sp³-hybridized carbons (Fsp3) is 0.533. The van der Waals surface area contributed by atoms with Crippen LogP contribution in [0.1, 0.15) is 88.4 Å². The first-order valence-electron chi connectivity index (χ1n) is 13.6. The second-order valence-electron chi connectivity index (χ2n) is 9.84. The molecule has 1 aliphatic rings. The SMILES string of the molecule is Br.CCCCCCCCCCCCN1C=CN(C(Cl)C(OCc2ccc(Cl)cc2Cl)c2ccc(Cl)cc2)C1. The van der Waals surface area contributed by atoms with Crippen LogP contribution >= 0.6 is 63.4 Å². The molecule has 0 aromatic heterocycles. The molecular formula is C30H41BrCl4N2O. The summed E-state index contributed by atoms with van der Waals surface area (Å²) in [7, 11) is 0. The van der Waals surface area contributed by atoms with Crippen LogP contribution in [0, 0.1) is 0 Å². The molecular weight excluding hydrogens is 626 g/mol. The number of hydrogen-bond donors (Lipinski definition) is 0. The third kappa shape index (κ3) is 11.5. The third-order valence-corrected chi connectivity index (χ3v) is 8.13. The van der Waals surface area contributed by atoms with Gasteiger partial charge in [0.15, 0.2) is 0 Å². The maximum Gasteiger partial charge on any atom is 0.135 e. The molecule has 0 fully saturated rings. The number of alkyl halides is 1. The number of nitrogens with zero attached hydrogens (tertiary/aromatic N) is 2. The summed E-state index contributed by atoms with van der Waals surface area (Å²) in [5.41, 5.74) is 1.45. The Kier molecular flexibility index (Phi) is 16.5. The van der Waals surface area contributed by atoms with Crippen LogP contribution in [0.5, 0.6) is 0 Å². The molecule has 212 valence electrons. The molecule has 0 amide bonds. The second-order valence-corrected chi connectivity index (χ2v) is 11.6.